The first-order valence-corrected chi connectivity index (χ1v) is 14.4. The predicted octanol–water partition coefficient (Wildman–Crippen LogP) is 8.18. The number of unbranched alkanes of at least 4 members (excludes halogenated alkanes) is 9. The van der Waals surface area contributed by atoms with Gasteiger partial charge in [0.1, 0.15) is 17.6 Å². The van der Waals surface area contributed by atoms with Crippen LogP contribution in [-0.4, -0.2) is 37.9 Å². The maximum atomic E-state index is 12.5. The van der Waals surface area contributed by atoms with Gasteiger partial charge in [0.25, 0.3) is 0 Å². The highest BCUT2D eigenvalue weighted by atomic mass is 16.6. The van der Waals surface area contributed by atoms with E-state index in [0.29, 0.717) is 36.7 Å². The average molecular weight is 527 g/mol. The Balaban J connectivity index is 1.68. The van der Waals surface area contributed by atoms with Crippen molar-refractivity contribution in [2.75, 3.05) is 19.8 Å². The maximum Gasteiger partial charge on any atom is 0.343 e. The van der Waals surface area contributed by atoms with Gasteiger partial charge in [-0.25, -0.2) is 9.59 Å². The molecule has 0 aromatic heterocycles. The van der Waals surface area contributed by atoms with Gasteiger partial charge in [-0.3, -0.25) is 0 Å². The molecule has 6 nitrogen and oxygen atoms in total. The summed E-state index contributed by atoms with van der Waals surface area (Å²) in [5.74, 6) is 0.195. The van der Waals surface area contributed by atoms with Gasteiger partial charge in [-0.15, -0.1) is 0 Å². The van der Waals surface area contributed by atoms with Crippen LogP contribution < -0.4 is 9.47 Å². The molecule has 0 spiro atoms. The molecule has 6 heteroatoms. The number of benzene rings is 2. The number of hydrogen-bond acceptors (Lipinski definition) is 6. The van der Waals surface area contributed by atoms with Gasteiger partial charge in [-0.05, 0) is 68.3 Å². The Labute approximate surface area is 229 Å². The lowest BCUT2D eigenvalue weighted by atomic mass is 10.1. The molecule has 0 N–H and O–H groups in total. The van der Waals surface area contributed by atoms with Crippen LogP contribution >= 0.6 is 0 Å². The van der Waals surface area contributed by atoms with Crippen LogP contribution in [0.5, 0.6) is 11.5 Å². The largest absolute Gasteiger partial charge is 0.494 e. The van der Waals surface area contributed by atoms with Crippen molar-refractivity contribution in [3.63, 3.8) is 0 Å². The Morgan fingerprint density at radius 3 is 1.76 bits per heavy atom. The molecule has 0 fully saturated rings. The standard InChI is InChI=1S/C32H46O6/c1-4-6-8-9-10-11-12-14-24-36-29-19-15-28(16-20-29)32(34)38-30-21-17-27(18-22-30)31(33)37-26(3)25-35-23-13-7-5-2/h15-22,26H,4-14,23-25H2,1-3H3. The van der Waals surface area contributed by atoms with E-state index in [9.17, 15) is 9.59 Å². The molecule has 0 aliphatic rings. The number of esters is 2. The van der Waals surface area contributed by atoms with Crippen molar-refractivity contribution in [3.8, 4) is 11.5 Å². The quantitative estimate of drug-likeness (QED) is 0.0984. The summed E-state index contributed by atoms with van der Waals surface area (Å²) >= 11 is 0. The zero-order valence-electron chi connectivity index (χ0n) is 23.5. The Hall–Kier alpha value is -2.86. The van der Waals surface area contributed by atoms with E-state index in [-0.39, 0.29) is 6.10 Å². The Morgan fingerprint density at radius 1 is 0.632 bits per heavy atom. The fourth-order valence-corrected chi connectivity index (χ4v) is 3.93. The van der Waals surface area contributed by atoms with Crippen LogP contribution in [0.4, 0.5) is 0 Å². The van der Waals surface area contributed by atoms with Gasteiger partial charge in [0.15, 0.2) is 0 Å². The van der Waals surface area contributed by atoms with E-state index in [1.807, 2.05) is 0 Å². The SMILES string of the molecule is CCCCCCCCCCOc1ccc(C(=O)Oc2ccc(C(=O)OC(C)COCCCCC)cc2)cc1. The Kier molecular flexibility index (Phi) is 15.9. The number of ether oxygens (including phenoxy) is 4. The summed E-state index contributed by atoms with van der Waals surface area (Å²) in [6, 6.07) is 13.3. The molecule has 1 unspecified atom stereocenters. The lowest BCUT2D eigenvalue weighted by Gasteiger charge is -2.14. The molecule has 1 atom stereocenters. The van der Waals surface area contributed by atoms with E-state index >= 15 is 0 Å². The summed E-state index contributed by atoms with van der Waals surface area (Å²) < 4.78 is 22.2. The van der Waals surface area contributed by atoms with Crippen molar-refractivity contribution in [2.24, 2.45) is 0 Å². The fourth-order valence-electron chi connectivity index (χ4n) is 3.93. The molecule has 0 saturated carbocycles. The summed E-state index contributed by atoms with van der Waals surface area (Å²) in [6.45, 7) is 7.90. The molecular formula is C32H46O6. The van der Waals surface area contributed by atoms with E-state index in [0.717, 1.165) is 31.4 Å². The first-order chi connectivity index (χ1) is 18.5. The highest BCUT2D eigenvalue weighted by Gasteiger charge is 2.14. The monoisotopic (exact) mass is 526 g/mol. The molecule has 210 valence electrons. The van der Waals surface area contributed by atoms with Crippen molar-refractivity contribution in [1.29, 1.82) is 0 Å². The first kappa shape index (κ1) is 31.4. The van der Waals surface area contributed by atoms with Crippen molar-refractivity contribution in [3.05, 3.63) is 59.7 Å². The topological polar surface area (TPSA) is 71.1 Å². The fraction of sp³-hybridized carbons (Fsp3) is 0.562. The highest BCUT2D eigenvalue weighted by molar-refractivity contribution is 5.92. The molecule has 2 aromatic rings. The summed E-state index contributed by atoms with van der Waals surface area (Å²) in [5, 5.41) is 0. The van der Waals surface area contributed by atoms with Crippen LogP contribution in [0.3, 0.4) is 0 Å². The van der Waals surface area contributed by atoms with E-state index in [1.54, 1.807) is 55.5 Å². The third-order valence-corrected chi connectivity index (χ3v) is 6.21. The summed E-state index contributed by atoms with van der Waals surface area (Å²) in [7, 11) is 0. The summed E-state index contributed by atoms with van der Waals surface area (Å²) in [4.78, 5) is 24.9. The highest BCUT2D eigenvalue weighted by Crippen LogP contribution is 2.18. The Morgan fingerprint density at radius 2 is 1.13 bits per heavy atom. The number of rotatable bonds is 20. The second-order valence-corrected chi connectivity index (χ2v) is 9.76. The lowest BCUT2D eigenvalue weighted by Crippen LogP contribution is -2.20. The average Bonchev–Trinajstić information content (AvgIpc) is 2.92. The molecule has 2 rings (SSSR count). The third kappa shape index (κ3) is 13.1. The minimum atomic E-state index is -0.469. The smallest absolute Gasteiger partial charge is 0.343 e. The number of hydrogen-bond donors (Lipinski definition) is 0. The minimum absolute atomic E-state index is 0.339. The summed E-state index contributed by atoms with van der Waals surface area (Å²) in [5.41, 5.74) is 0.821. The number of carbonyl (C=O) groups excluding carboxylic acids is 2. The van der Waals surface area contributed by atoms with E-state index in [4.69, 9.17) is 18.9 Å². The van der Waals surface area contributed by atoms with Crippen molar-refractivity contribution < 1.29 is 28.5 Å². The van der Waals surface area contributed by atoms with Gasteiger partial charge in [0, 0.05) is 6.61 Å². The van der Waals surface area contributed by atoms with Crippen LogP contribution in [0, 0.1) is 0 Å². The molecule has 0 radical (unpaired) electrons. The lowest BCUT2D eigenvalue weighted by molar-refractivity contribution is 0.00156. The molecule has 0 amide bonds. The molecule has 0 saturated heterocycles. The van der Waals surface area contributed by atoms with Gasteiger partial charge >= 0.3 is 11.9 Å². The minimum Gasteiger partial charge on any atom is -0.494 e. The van der Waals surface area contributed by atoms with Gasteiger partial charge in [0.05, 0.1) is 24.3 Å². The molecule has 0 bridgehead atoms. The third-order valence-electron chi connectivity index (χ3n) is 6.21. The summed E-state index contributed by atoms with van der Waals surface area (Å²) in [6.07, 6.45) is 13.0. The zero-order valence-corrected chi connectivity index (χ0v) is 23.5. The van der Waals surface area contributed by atoms with Gasteiger partial charge < -0.3 is 18.9 Å². The normalized spacial score (nSPS) is 11.7. The first-order valence-electron chi connectivity index (χ1n) is 14.4. The van der Waals surface area contributed by atoms with Crippen LogP contribution in [0.25, 0.3) is 0 Å². The van der Waals surface area contributed by atoms with Crippen molar-refractivity contribution in [2.45, 2.75) is 97.5 Å². The van der Waals surface area contributed by atoms with Crippen LogP contribution in [-0.2, 0) is 9.47 Å². The number of carbonyl (C=O) groups is 2. The second-order valence-electron chi connectivity index (χ2n) is 9.76. The van der Waals surface area contributed by atoms with Crippen LogP contribution in [0.1, 0.15) is 112 Å². The van der Waals surface area contributed by atoms with Crippen molar-refractivity contribution in [1.82, 2.24) is 0 Å². The van der Waals surface area contributed by atoms with Gasteiger partial charge in [-0.1, -0.05) is 71.6 Å². The van der Waals surface area contributed by atoms with Crippen molar-refractivity contribution >= 4 is 11.9 Å². The van der Waals surface area contributed by atoms with Gasteiger partial charge in [-0.2, -0.15) is 0 Å². The molecule has 0 aliphatic heterocycles. The Bertz CT molecular complexity index is 907. The molecular weight excluding hydrogens is 480 g/mol. The molecule has 38 heavy (non-hydrogen) atoms. The molecule has 0 aliphatic carbocycles. The van der Waals surface area contributed by atoms with E-state index in [2.05, 4.69) is 13.8 Å². The molecule has 0 heterocycles. The zero-order chi connectivity index (χ0) is 27.4. The van der Waals surface area contributed by atoms with Crippen LogP contribution in [0.15, 0.2) is 48.5 Å². The van der Waals surface area contributed by atoms with E-state index in [1.165, 1.54) is 44.9 Å². The van der Waals surface area contributed by atoms with Gasteiger partial charge in [0.2, 0.25) is 0 Å². The second kappa shape index (κ2) is 19.2. The predicted molar refractivity (Wildman–Crippen MR) is 151 cm³/mol. The van der Waals surface area contributed by atoms with Crippen LogP contribution in [0.2, 0.25) is 0 Å². The van der Waals surface area contributed by atoms with E-state index < -0.39 is 11.9 Å². The molecule has 2 aromatic carbocycles. The maximum absolute atomic E-state index is 12.5.